The fourth-order valence-electron chi connectivity index (χ4n) is 2.94. The lowest BCUT2D eigenvalue weighted by Gasteiger charge is -2.12. The van der Waals surface area contributed by atoms with Crippen LogP contribution in [0.2, 0.25) is 5.02 Å². The van der Waals surface area contributed by atoms with Crippen molar-refractivity contribution in [2.75, 3.05) is 27.9 Å². The van der Waals surface area contributed by atoms with Crippen LogP contribution in [0.1, 0.15) is 15.9 Å². The van der Waals surface area contributed by atoms with Crippen LogP contribution in [-0.4, -0.2) is 46.0 Å². The molecular weight excluding hydrogens is 436 g/mol. The van der Waals surface area contributed by atoms with Crippen molar-refractivity contribution in [3.8, 4) is 17.2 Å². The molecule has 0 saturated carbocycles. The van der Waals surface area contributed by atoms with Crippen LogP contribution in [0.25, 0.3) is 10.8 Å². The van der Waals surface area contributed by atoms with Crippen LogP contribution in [-0.2, 0) is 9.53 Å². The highest BCUT2D eigenvalue weighted by atomic mass is 35.5. The van der Waals surface area contributed by atoms with Crippen molar-refractivity contribution in [1.82, 2.24) is 5.43 Å². The smallest absolute Gasteiger partial charge is 0.343 e. The van der Waals surface area contributed by atoms with Gasteiger partial charge in [0.2, 0.25) is 0 Å². The van der Waals surface area contributed by atoms with E-state index in [0.717, 1.165) is 10.8 Å². The number of methoxy groups -OCH3 is 3. The topological polar surface area (TPSA) is 95.5 Å². The maximum Gasteiger partial charge on any atom is 0.343 e. The Labute approximate surface area is 189 Å². The summed E-state index contributed by atoms with van der Waals surface area (Å²) in [6, 6.07) is 14.4. The van der Waals surface area contributed by atoms with Crippen LogP contribution < -0.4 is 19.6 Å². The summed E-state index contributed by atoms with van der Waals surface area (Å²) >= 11 is 6.25. The molecule has 1 amide bonds. The van der Waals surface area contributed by atoms with Gasteiger partial charge in [-0.2, -0.15) is 5.10 Å². The molecule has 0 radical (unpaired) electrons. The van der Waals surface area contributed by atoms with Crippen molar-refractivity contribution in [3.63, 3.8) is 0 Å². The molecule has 0 aliphatic rings. The molecule has 9 heteroatoms. The normalized spacial score (nSPS) is 10.8. The highest BCUT2D eigenvalue weighted by Crippen LogP contribution is 2.36. The minimum Gasteiger partial charge on any atom is -0.496 e. The molecule has 3 aromatic rings. The van der Waals surface area contributed by atoms with Gasteiger partial charge in [-0.3, -0.25) is 4.79 Å². The van der Waals surface area contributed by atoms with Crippen molar-refractivity contribution in [2.24, 2.45) is 5.10 Å². The standard InChI is InChI=1S/C23H21ClN2O6/c1-29-19-11-16-7-5-4-6-15(16)10-17(19)23(28)26-25-12-14-8-18(24)22(20(9-14)30-2)32-13-21(27)31-3/h4-12H,13H2,1-3H3,(H,26,28)/b25-12-. The quantitative estimate of drug-likeness (QED) is 0.314. The molecule has 0 aliphatic carbocycles. The van der Waals surface area contributed by atoms with E-state index < -0.39 is 11.9 Å². The second-order valence-electron chi connectivity index (χ2n) is 6.50. The van der Waals surface area contributed by atoms with E-state index in [1.165, 1.54) is 27.5 Å². The third kappa shape index (κ3) is 5.28. The van der Waals surface area contributed by atoms with Gasteiger partial charge in [0.1, 0.15) is 5.75 Å². The highest BCUT2D eigenvalue weighted by Gasteiger charge is 2.15. The lowest BCUT2D eigenvalue weighted by molar-refractivity contribution is -0.142. The van der Waals surface area contributed by atoms with E-state index in [2.05, 4.69) is 15.3 Å². The monoisotopic (exact) mass is 456 g/mol. The number of hydrazone groups is 1. The summed E-state index contributed by atoms with van der Waals surface area (Å²) in [7, 11) is 4.19. The Morgan fingerprint density at radius 1 is 1.00 bits per heavy atom. The Morgan fingerprint density at radius 3 is 2.34 bits per heavy atom. The van der Waals surface area contributed by atoms with E-state index in [4.69, 9.17) is 25.8 Å². The summed E-state index contributed by atoms with van der Waals surface area (Å²) in [5, 5.41) is 6.07. The summed E-state index contributed by atoms with van der Waals surface area (Å²) < 4.78 is 20.5. The molecule has 3 aromatic carbocycles. The van der Waals surface area contributed by atoms with Gasteiger partial charge in [-0.1, -0.05) is 35.9 Å². The molecule has 0 spiro atoms. The van der Waals surface area contributed by atoms with Crippen LogP contribution in [0.3, 0.4) is 0 Å². The number of rotatable bonds is 8. The predicted octanol–water partition coefficient (Wildman–Crippen LogP) is 3.83. The van der Waals surface area contributed by atoms with Gasteiger partial charge in [0, 0.05) is 0 Å². The van der Waals surface area contributed by atoms with E-state index in [9.17, 15) is 9.59 Å². The SMILES string of the molecule is COC(=O)COc1c(Cl)cc(/C=N\NC(=O)c2cc3ccccc3cc2OC)cc1OC. The Balaban J connectivity index is 1.77. The first kappa shape index (κ1) is 22.9. The number of ether oxygens (including phenoxy) is 4. The molecule has 0 aromatic heterocycles. The predicted molar refractivity (Wildman–Crippen MR) is 121 cm³/mol. The fourth-order valence-corrected chi connectivity index (χ4v) is 3.21. The molecule has 0 saturated heterocycles. The summed E-state index contributed by atoms with van der Waals surface area (Å²) in [6.45, 7) is -0.316. The Hall–Kier alpha value is -3.78. The van der Waals surface area contributed by atoms with E-state index in [-0.39, 0.29) is 17.4 Å². The van der Waals surface area contributed by atoms with E-state index in [0.29, 0.717) is 22.6 Å². The molecule has 0 aliphatic heterocycles. The second-order valence-corrected chi connectivity index (χ2v) is 6.90. The van der Waals surface area contributed by atoms with Crippen molar-refractivity contribution >= 4 is 40.5 Å². The van der Waals surface area contributed by atoms with E-state index in [1.54, 1.807) is 24.3 Å². The average molecular weight is 457 g/mol. The minimum absolute atomic E-state index is 0.196. The molecule has 1 N–H and O–H groups in total. The lowest BCUT2D eigenvalue weighted by atomic mass is 10.1. The van der Waals surface area contributed by atoms with Gasteiger partial charge in [-0.25, -0.2) is 10.2 Å². The lowest BCUT2D eigenvalue weighted by Crippen LogP contribution is -2.18. The van der Waals surface area contributed by atoms with Crippen molar-refractivity contribution in [1.29, 1.82) is 0 Å². The van der Waals surface area contributed by atoms with Crippen LogP contribution in [0.15, 0.2) is 53.6 Å². The molecule has 0 atom stereocenters. The number of amides is 1. The van der Waals surface area contributed by atoms with Crippen LogP contribution in [0.5, 0.6) is 17.2 Å². The molecular formula is C23H21ClN2O6. The first-order chi connectivity index (χ1) is 15.5. The molecule has 166 valence electrons. The van der Waals surface area contributed by atoms with Gasteiger partial charge in [0.25, 0.3) is 5.91 Å². The number of hydrogen-bond donors (Lipinski definition) is 1. The summed E-state index contributed by atoms with van der Waals surface area (Å²) in [6.07, 6.45) is 1.41. The number of esters is 1. The number of nitrogens with zero attached hydrogens (tertiary/aromatic N) is 1. The summed E-state index contributed by atoms with van der Waals surface area (Å²) in [4.78, 5) is 24.0. The average Bonchev–Trinajstić information content (AvgIpc) is 2.81. The molecule has 0 heterocycles. The zero-order valence-corrected chi connectivity index (χ0v) is 18.4. The van der Waals surface area contributed by atoms with Crippen molar-refractivity contribution in [3.05, 3.63) is 64.7 Å². The largest absolute Gasteiger partial charge is 0.496 e. The molecule has 8 nitrogen and oxygen atoms in total. The number of benzene rings is 3. The number of carbonyl (C=O) groups is 2. The number of carbonyl (C=O) groups excluding carboxylic acids is 2. The maximum atomic E-state index is 12.7. The molecule has 32 heavy (non-hydrogen) atoms. The van der Waals surface area contributed by atoms with Crippen LogP contribution in [0, 0.1) is 0 Å². The zero-order chi connectivity index (χ0) is 23.1. The number of fused-ring (bicyclic) bond motifs is 1. The van der Waals surface area contributed by atoms with Gasteiger partial charge in [-0.05, 0) is 40.6 Å². The van der Waals surface area contributed by atoms with Crippen LogP contribution in [0.4, 0.5) is 0 Å². The number of halogens is 1. The third-order valence-corrected chi connectivity index (χ3v) is 4.79. The molecule has 0 fully saturated rings. The molecule has 3 rings (SSSR count). The summed E-state index contributed by atoms with van der Waals surface area (Å²) in [5.41, 5.74) is 3.38. The Bertz CT molecular complexity index is 1180. The highest BCUT2D eigenvalue weighted by molar-refractivity contribution is 6.32. The second kappa shape index (κ2) is 10.5. The van der Waals surface area contributed by atoms with E-state index >= 15 is 0 Å². The first-order valence-electron chi connectivity index (χ1n) is 9.44. The maximum absolute atomic E-state index is 12.7. The Morgan fingerprint density at radius 2 is 1.69 bits per heavy atom. The first-order valence-corrected chi connectivity index (χ1v) is 9.82. The minimum atomic E-state index is -0.555. The van der Waals surface area contributed by atoms with Gasteiger partial charge in [0.15, 0.2) is 18.1 Å². The fraction of sp³-hybridized carbons (Fsp3) is 0.174. The van der Waals surface area contributed by atoms with E-state index in [1.807, 2.05) is 24.3 Å². The summed E-state index contributed by atoms with van der Waals surface area (Å²) in [5.74, 6) is -0.0548. The third-order valence-electron chi connectivity index (χ3n) is 4.51. The molecule has 0 bridgehead atoms. The zero-order valence-electron chi connectivity index (χ0n) is 17.7. The Kier molecular flexibility index (Phi) is 7.51. The van der Waals surface area contributed by atoms with Crippen molar-refractivity contribution in [2.45, 2.75) is 0 Å². The van der Waals surface area contributed by atoms with Gasteiger partial charge in [-0.15, -0.1) is 0 Å². The molecule has 0 unspecified atom stereocenters. The van der Waals surface area contributed by atoms with Gasteiger partial charge >= 0.3 is 5.97 Å². The van der Waals surface area contributed by atoms with Crippen molar-refractivity contribution < 1.29 is 28.5 Å². The van der Waals surface area contributed by atoms with Gasteiger partial charge < -0.3 is 18.9 Å². The van der Waals surface area contributed by atoms with Crippen LogP contribution >= 0.6 is 11.6 Å². The number of nitrogens with one attached hydrogen (secondary N) is 1. The van der Waals surface area contributed by atoms with Gasteiger partial charge in [0.05, 0.1) is 38.1 Å². The number of hydrogen-bond acceptors (Lipinski definition) is 7.